The molecule has 0 unspecified atom stereocenters. The number of aryl methyl sites for hydroxylation is 1. The molecule has 5 rings (SSSR count). The zero-order valence-corrected chi connectivity index (χ0v) is 22.0. The van der Waals surface area contributed by atoms with E-state index in [9.17, 15) is 14.9 Å². The highest BCUT2D eigenvalue weighted by atomic mass is 32.1. The number of carbonyl (C=O) groups excluding carboxylic acids is 1. The largest absolute Gasteiger partial charge is 0.379 e. The normalized spacial score (nSPS) is 16.7. The number of morpholine rings is 1. The fraction of sp³-hybridized carbons (Fsp3) is 0.481. The number of anilines is 2. The number of ether oxygens (including phenoxy) is 1. The number of amides is 1. The summed E-state index contributed by atoms with van der Waals surface area (Å²) in [6.45, 7) is 8.20. The third kappa shape index (κ3) is 5.92. The Bertz CT molecular complexity index is 1270. The Morgan fingerprint density at radius 2 is 1.89 bits per heavy atom. The predicted octanol–water partition coefficient (Wildman–Crippen LogP) is 4.87. The minimum Gasteiger partial charge on any atom is -0.379 e. The van der Waals surface area contributed by atoms with Crippen LogP contribution in [0.3, 0.4) is 0 Å². The van der Waals surface area contributed by atoms with Crippen LogP contribution in [0.25, 0.3) is 10.2 Å². The summed E-state index contributed by atoms with van der Waals surface area (Å²) in [6.07, 6.45) is 3.95. The second-order valence-corrected chi connectivity index (χ2v) is 10.7. The van der Waals surface area contributed by atoms with Crippen LogP contribution >= 0.6 is 11.3 Å². The lowest BCUT2D eigenvalue weighted by atomic mass is 10.1. The number of piperidine rings is 1. The quantitative estimate of drug-likeness (QED) is 0.307. The van der Waals surface area contributed by atoms with E-state index in [1.165, 1.54) is 17.4 Å². The summed E-state index contributed by atoms with van der Waals surface area (Å²) in [5.74, 6) is -0.258. The van der Waals surface area contributed by atoms with Crippen molar-refractivity contribution in [1.29, 1.82) is 0 Å². The zero-order chi connectivity index (χ0) is 25.8. The molecule has 196 valence electrons. The van der Waals surface area contributed by atoms with Gasteiger partial charge in [0.05, 0.1) is 28.4 Å². The predicted molar refractivity (Wildman–Crippen MR) is 147 cm³/mol. The van der Waals surface area contributed by atoms with Gasteiger partial charge in [-0.1, -0.05) is 17.4 Å². The van der Waals surface area contributed by atoms with Gasteiger partial charge in [-0.3, -0.25) is 24.7 Å². The van der Waals surface area contributed by atoms with E-state index in [1.807, 2.05) is 19.1 Å². The van der Waals surface area contributed by atoms with Gasteiger partial charge in [0, 0.05) is 50.9 Å². The molecular weight excluding hydrogens is 490 g/mol. The van der Waals surface area contributed by atoms with E-state index in [4.69, 9.17) is 9.72 Å². The lowest BCUT2D eigenvalue weighted by Gasteiger charge is -2.29. The third-order valence-corrected chi connectivity index (χ3v) is 8.13. The average Bonchev–Trinajstić information content (AvgIpc) is 3.34. The van der Waals surface area contributed by atoms with Crippen LogP contribution in [-0.4, -0.2) is 73.2 Å². The van der Waals surface area contributed by atoms with E-state index in [1.54, 1.807) is 17.0 Å². The van der Waals surface area contributed by atoms with Crippen molar-refractivity contribution in [2.45, 2.75) is 32.6 Å². The van der Waals surface area contributed by atoms with Gasteiger partial charge >= 0.3 is 0 Å². The van der Waals surface area contributed by atoms with Crippen molar-refractivity contribution in [3.05, 3.63) is 57.6 Å². The van der Waals surface area contributed by atoms with Gasteiger partial charge in [-0.15, -0.1) is 0 Å². The Labute approximate surface area is 220 Å². The van der Waals surface area contributed by atoms with Crippen LogP contribution in [0, 0.1) is 17.0 Å². The molecule has 0 bridgehead atoms. The Hall–Kier alpha value is -3.08. The van der Waals surface area contributed by atoms with Crippen molar-refractivity contribution in [2.24, 2.45) is 0 Å². The molecule has 1 amide bonds. The molecule has 3 heterocycles. The highest BCUT2D eigenvalue weighted by Crippen LogP contribution is 2.34. The van der Waals surface area contributed by atoms with Crippen molar-refractivity contribution < 1.29 is 14.5 Å². The molecule has 0 spiro atoms. The number of thiazole rings is 1. The third-order valence-electron chi connectivity index (χ3n) is 7.08. The number of hydrogen-bond donors (Lipinski definition) is 0. The topological polar surface area (TPSA) is 92.1 Å². The summed E-state index contributed by atoms with van der Waals surface area (Å²) in [4.78, 5) is 36.3. The van der Waals surface area contributed by atoms with E-state index < -0.39 is 0 Å². The first-order valence-electron chi connectivity index (χ1n) is 13.0. The molecule has 2 aliphatic rings. The van der Waals surface area contributed by atoms with Crippen molar-refractivity contribution in [2.75, 3.05) is 62.3 Å². The Kier molecular flexibility index (Phi) is 7.97. The van der Waals surface area contributed by atoms with E-state index in [0.717, 1.165) is 87.4 Å². The maximum absolute atomic E-state index is 13.9. The molecule has 2 aliphatic heterocycles. The van der Waals surface area contributed by atoms with Crippen LogP contribution in [-0.2, 0) is 4.74 Å². The molecule has 37 heavy (non-hydrogen) atoms. The number of carbonyl (C=O) groups is 1. The van der Waals surface area contributed by atoms with Gasteiger partial charge in [0.25, 0.3) is 11.6 Å². The number of benzene rings is 2. The smallest absolute Gasteiger partial charge is 0.293 e. The minimum atomic E-state index is -0.371. The maximum atomic E-state index is 13.9. The number of rotatable bonds is 8. The number of nitro groups is 1. The monoisotopic (exact) mass is 523 g/mol. The number of nitro benzene ring substituents is 1. The molecule has 2 saturated heterocycles. The summed E-state index contributed by atoms with van der Waals surface area (Å²) >= 11 is 1.48. The van der Waals surface area contributed by atoms with Gasteiger partial charge in [0.2, 0.25) is 0 Å². The standard InChI is InChI=1S/C27H33N5O4S/c1-20-6-8-22-25(18-20)37-27(28-22)31(13-5-10-29-14-16-36-17-15-29)26(33)21-7-9-23(24(19-21)32(34)35)30-11-3-2-4-12-30/h6-9,18-19H,2-5,10-17H2,1H3. The highest BCUT2D eigenvalue weighted by molar-refractivity contribution is 7.22. The molecule has 0 atom stereocenters. The second kappa shape index (κ2) is 11.5. The minimum absolute atomic E-state index is 0.0130. The molecule has 0 saturated carbocycles. The van der Waals surface area contributed by atoms with E-state index in [-0.39, 0.29) is 16.5 Å². The van der Waals surface area contributed by atoms with Crippen LogP contribution in [0.5, 0.6) is 0 Å². The van der Waals surface area contributed by atoms with Crippen LogP contribution in [0.15, 0.2) is 36.4 Å². The first-order valence-corrected chi connectivity index (χ1v) is 13.8. The zero-order valence-electron chi connectivity index (χ0n) is 21.2. The molecular formula is C27H33N5O4S. The van der Waals surface area contributed by atoms with Gasteiger partial charge in [-0.25, -0.2) is 4.98 Å². The van der Waals surface area contributed by atoms with Crippen LogP contribution in [0.1, 0.15) is 41.6 Å². The lowest BCUT2D eigenvalue weighted by molar-refractivity contribution is -0.384. The van der Waals surface area contributed by atoms with E-state index >= 15 is 0 Å². The van der Waals surface area contributed by atoms with Crippen LogP contribution < -0.4 is 9.80 Å². The van der Waals surface area contributed by atoms with Crippen LogP contribution in [0.2, 0.25) is 0 Å². The van der Waals surface area contributed by atoms with Gasteiger partial charge in [-0.2, -0.15) is 0 Å². The summed E-state index contributed by atoms with van der Waals surface area (Å²) in [5.41, 5.74) is 2.88. The fourth-order valence-corrected chi connectivity index (χ4v) is 6.15. The molecule has 2 aromatic carbocycles. The summed E-state index contributed by atoms with van der Waals surface area (Å²) in [5, 5.41) is 12.6. The maximum Gasteiger partial charge on any atom is 0.293 e. The number of nitrogens with zero attached hydrogens (tertiary/aromatic N) is 5. The van der Waals surface area contributed by atoms with Crippen molar-refractivity contribution >= 4 is 44.0 Å². The molecule has 3 aromatic rings. The van der Waals surface area contributed by atoms with Gasteiger partial charge < -0.3 is 9.64 Å². The summed E-state index contributed by atoms with van der Waals surface area (Å²) < 4.78 is 6.47. The Balaban J connectivity index is 1.43. The lowest BCUT2D eigenvalue weighted by Crippen LogP contribution is -2.39. The molecule has 1 aromatic heterocycles. The summed E-state index contributed by atoms with van der Waals surface area (Å²) in [6, 6.07) is 11.0. The fourth-order valence-electron chi connectivity index (χ4n) is 5.06. The van der Waals surface area contributed by atoms with Gasteiger partial charge in [0.15, 0.2) is 5.13 Å². The number of hydrogen-bond acceptors (Lipinski definition) is 8. The highest BCUT2D eigenvalue weighted by Gasteiger charge is 2.27. The molecule has 0 radical (unpaired) electrons. The molecule has 0 N–H and O–H groups in total. The van der Waals surface area contributed by atoms with E-state index in [2.05, 4.69) is 15.9 Å². The van der Waals surface area contributed by atoms with Crippen LogP contribution in [0.4, 0.5) is 16.5 Å². The SMILES string of the molecule is Cc1ccc2nc(N(CCCN3CCOCC3)C(=O)c3ccc(N4CCCCC4)c([N+](=O)[O-])c3)sc2c1. The van der Waals surface area contributed by atoms with Gasteiger partial charge in [0.1, 0.15) is 5.69 Å². The van der Waals surface area contributed by atoms with Crippen molar-refractivity contribution in [3.63, 3.8) is 0 Å². The molecule has 0 aliphatic carbocycles. The first-order chi connectivity index (χ1) is 18.0. The summed E-state index contributed by atoms with van der Waals surface area (Å²) in [7, 11) is 0. The van der Waals surface area contributed by atoms with E-state index in [0.29, 0.717) is 22.9 Å². The molecule has 9 nitrogen and oxygen atoms in total. The first kappa shape index (κ1) is 25.6. The number of fused-ring (bicyclic) bond motifs is 1. The van der Waals surface area contributed by atoms with Crippen molar-refractivity contribution in [3.8, 4) is 0 Å². The molecule has 2 fully saturated rings. The number of aromatic nitrogens is 1. The second-order valence-electron chi connectivity index (χ2n) is 9.74. The molecule has 10 heteroatoms. The van der Waals surface area contributed by atoms with Gasteiger partial charge in [-0.05, 0) is 62.4 Å². The Morgan fingerprint density at radius 3 is 2.65 bits per heavy atom. The Morgan fingerprint density at radius 1 is 1.11 bits per heavy atom. The average molecular weight is 524 g/mol. The van der Waals surface area contributed by atoms with Crippen molar-refractivity contribution in [1.82, 2.24) is 9.88 Å².